The third-order valence-corrected chi connectivity index (χ3v) is 2.81. The highest BCUT2D eigenvalue weighted by Crippen LogP contribution is 2.10. The lowest BCUT2D eigenvalue weighted by Gasteiger charge is -2.19. The van der Waals surface area contributed by atoms with Gasteiger partial charge in [-0.2, -0.15) is 0 Å². The predicted octanol–water partition coefficient (Wildman–Crippen LogP) is 2.78. The van der Waals surface area contributed by atoms with Crippen LogP contribution < -0.4 is 0 Å². The number of hydrogen-bond donors (Lipinski definition) is 0. The molecule has 84 valence electrons. The van der Waals surface area contributed by atoms with Gasteiger partial charge in [-0.15, -0.1) is 6.42 Å². The Morgan fingerprint density at radius 1 is 1.56 bits per heavy atom. The van der Waals surface area contributed by atoms with E-state index in [1.807, 2.05) is 31.2 Å². The normalized spacial score (nSPS) is 9.56. The third-order valence-electron chi connectivity index (χ3n) is 2.13. The van der Waals surface area contributed by atoms with Crippen LogP contribution in [0.4, 0.5) is 0 Å². The molecule has 0 saturated heterocycles. The summed E-state index contributed by atoms with van der Waals surface area (Å²) in [5.41, 5.74) is 0.704. The quantitative estimate of drug-likeness (QED) is 0.615. The number of terminal acetylenes is 1. The van der Waals surface area contributed by atoms with Gasteiger partial charge in [0.25, 0.3) is 5.91 Å². The summed E-state index contributed by atoms with van der Waals surface area (Å²) in [5.74, 6) is 2.53. The van der Waals surface area contributed by atoms with Gasteiger partial charge in [-0.05, 0) is 47.2 Å². The Hall–Kier alpha value is -1.02. The van der Waals surface area contributed by atoms with Gasteiger partial charge in [-0.25, -0.2) is 0 Å². The van der Waals surface area contributed by atoms with E-state index in [9.17, 15) is 4.79 Å². The van der Waals surface area contributed by atoms with Crippen LogP contribution in [0.2, 0.25) is 0 Å². The molecule has 0 spiro atoms. The highest BCUT2D eigenvalue weighted by molar-refractivity contribution is 14.1. The molecule has 1 amide bonds. The maximum Gasteiger partial charge on any atom is 0.254 e. The molecule has 0 aliphatic heterocycles. The van der Waals surface area contributed by atoms with Crippen molar-refractivity contribution in [3.63, 3.8) is 0 Å². The van der Waals surface area contributed by atoms with Crippen LogP contribution in [0.5, 0.6) is 0 Å². The van der Waals surface area contributed by atoms with Crippen molar-refractivity contribution in [1.82, 2.24) is 4.90 Å². The summed E-state index contributed by atoms with van der Waals surface area (Å²) in [5, 5.41) is 0. The van der Waals surface area contributed by atoms with E-state index in [2.05, 4.69) is 28.5 Å². The topological polar surface area (TPSA) is 20.3 Å². The average molecular weight is 327 g/mol. The molecule has 0 heterocycles. The maximum atomic E-state index is 12.1. The summed E-state index contributed by atoms with van der Waals surface area (Å²) in [7, 11) is 0. The van der Waals surface area contributed by atoms with Crippen LogP contribution in [0.3, 0.4) is 0 Å². The molecule has 0 aromatic heterocycles. The molecule has 0 fully saturated rings. The Labute approximate surface area is 110 Å². The van der Waals surface area contributed by atoms with E-state index >= 15 is 0 Å². The molecule has 0 saturated carbocycles. The van der Waals surface area contributed by atoms with Crippen molar-refractivity contribution in [3.05, 3.63) is 33.4 Å². The van der Waals surface area contributed by atoms with E-state index < -0.39 is 0 Å². The van der Waals surface area contributed by atoms with E-state index in [0.29, 0.717) is 18.7 Å². The Bertz CT molecular complexity index is 409. The van der Waals surface area contributed by atoms with Gasteiger partial charge in [0, 0.05) is 15.7 Å². The summed E-state index contributed by atoms with van der Waals surface area (Å²) in [4.78, 5) is 13.8. The summed E-state index contributed by atoms with van der Waals surface area (Å²) in [6, 6.07) is 7.55. The molecule has 0 radical (unpaired) electrons. The van der Waals surface area contributed by atoms with Crippen molar-refractivity contribution < 1.29 is 4.79 Å². The first kappa shape index (κ1) is 13.0. The molecule has 1 aromatic carbocycles. The highest BCUT2D eigenvalue weighted by atomic mass is 127. The zero-order valence-electron chi connectivity index (χ0n) is 9.24. The molecule has 0 bridgehead atoms. The molecule has 1 aromatic rings. The van der Waals surface area contributed by atoms with Gasteiger partial charge in [-0.1, -0.05) is 18.9 Å². The molecule has 16 heavy (non-hydrogen) atoms. The number of rotatable bonds is 4. The Morgan fingerprint density at radius 3 is 2.88 bits per heavy atom. The lowest BCUT2D eigenvalue weighted by atomic mass is 10.2. The second-order valence-corrected chi connectivity index (χ2v) is 4.69. The number of amides is 1. The minimum absolute atomic E-state index is 0.0123. The van der Waals surface area contributed by atoms with E-state index in [-0.39, 0.29) is 5.91 Å². The van der Waals surface area contributed by atoms with Crippen LogP contribution in [-0.2, 0) is 0 Å². The minimum Gasteiger partial charge on any atom is -0.328 e. The van der Waals surface area contributed by atoms with Crippen molar-refractivity contribution in [1.29, 1.82) is 0 Å². The lowest BCUT2D eigenvalue weighted by Crippen LogP contribution is -2.32. The van der Waals surface area contributed by atoms with Crippen LogP contribution in [-0.4, -0.2) is 23.9 Å². The van der Waals surface area contributed by atoms with Crippen LogP contribution in [0.1, 0.15) is 23.7 Å². The zero-order chi connectivity index (χ0) is 12.0. The van der Waals surface area contributed by atoms with Crippen LogP contribution in [0, 0.1) is 15.9 Å². The monoisotopic (exact) mass is 327 g/mol. The van der Waals surface area contributed by atoms with Crippen LogP contribution in [0.25, 0.3) is 0 Å². The molecular weight excluding hydrogens is 313 g/mol. The zero-order valence-corrected chi connectivity index (χ0v) is 11.4. The van der Waals surface area contributed by atoms with Crippen molar-refractivity contribution >= 4 is 28.5 Å². The predicted molar refractivity (Wildman–Crippen MR) is 74.2 cm³/mol. The van der Waals surface area contributed by atoms with Crippen molar-refractivity contribution in [2.45, 2.75) is 13.3 Å². The molecular formula is C13H14INO. The minimum atomic E-state index is 0.0123. The standard InChI is InChI=1S/C13H14INO/c1-3-8-15(9-4-2)13(16)11-6-5-7-12(14)10-11/h1,5-7,10H,4,8-9H2,2H3. The second-order valence-electron chi connectivity index (χ2n) is 3.44. The smallest absolute Gasteiger partial charge is 0.254 e. The average Bonchev–Trinajstić information content (AvgIpc) is 2.28. The number of carbonyl (C=O) groups excluding carboxylic acids is 1. The second kappa shape index (κ2) is 6.54. The van der Waals surface area contributed by atoms with Gasteiger partial charge in [0.05, 0.1) is 6.54 Å². The molecule has 0 aliphatic rings. The molecule has 3 heteroatoms. The molecule has 1 rings (SSSR count). The first-order valence-electron chi connectivity index (χ1n) is 5.17. The number of hydrogen-bond acceptors (Lipinski definition) is 1. The van der Waals surface area contributed by atoms with Gasteiger partial charge in [0.2, 0.25) is 0 Å². The Morgan fingerprint density at radius 2 is 2.31 bits per heavy atom. The van der Waals surface area contributed by atoms with Crippen molar-refractivity contribution in [2.75, 3.05) is 13.1 Å². The number of benzene rings is 1. The van der Waals surface area contributed by atoms with E-state index in [1.165, 1.54) is 0 Å². The fourth-order valence-electron chi connectivity index (χ4n) is 1.44. The first-order chi connectivity index (χ1) is 7.69. The van der Waals surface area contributed by atoms with Crippen LogP contribution in [0.15, 0.2) is 24.3 Å². The molecule has 0 N–H and O–H groups in total. The fourth-order valence-corrected chi connectivity index (χ4v) is 1.98. The SMILES string of the molecule is C#CCN(CCC)C(=O)c1cccc(I)c1. The summed E-state index contributed by atoms with van der Waals surface area (Å²) < 4.78 is 1.06. The van der Waals surface area contributed by atoms with Gasteiger partial charge in [0.15, 0.2) is 0 Å². The first-order valence-corrected chi connectivity index (χ1v) is 6.25. The van der Waals surface area contributed by atoms with Crippen molar-refractivity contribution in [2.24, 2.45) is 0 Å². The third kappa shape index (κ3) is 3.53. The highest BCUT2D eigenvalue weighted by Gasteiger charge is 2.13. The van der Waals surface area contributed by atoms with E-state index in [4.69, 9.17) is 6.42 Å². The Kier molecular flexibility index (Phi) is 5.33. The molecule has 0 unspecified atom stereocenters. The van der Waals surface area contributed by atoms with Gasteiger partial charge >= 0.3 is 0 Å². The summed E-state index contributed by atoms with van der Waals surface area (Å²) in [6.07, 6.45) is 6.17. The molecule has 2 nitrogen and oxygen atoms in total. The fraction of sp³-hybridized carbons (Fsp3) is 0.308. The molecule has 0 atom stereocenters. The largest absolute Gasteiger partial charge is 0.328 e. The lowest BCUT2D eigenvalue weighted by molar-refractivity contribution is 0.0777. The van der Waals surface area contributed by atoms with Gasteiger partial charge in [0.1, 0.15) is 0 Å². The van der Waals surface area contributed by atoms with Crippen molar-refractivity contribution in [3.8, 4) is 12.3 Å². The Balaban J connectivity index is 2.86. The van der Waals surface area contributed by atoms with Gasteiger partial charge < -0.3 is 4.90 Å². The van der Waals surface area contributed by atoms with E-state index in [1.54, 1.807) is 4.90 Å². The maximum absolute atomic E-state index is 12.1. The summed E-state index contributed by atoms with van der Waals surface area (Å²) in [6.45, 7) is 3.11. The van der Waals surface area contributed by atoms with Crippen LogP contribution >= 0.6 is 22.6 Å². The van der Waals surface area contributed by atoms with Gasteiger partial charge in [-0.3, -0.25) is 4.79 Å². The molecule has 0 aliphatic carbocycles. The number of carbonyl (C=O) groups is 1. The summed E-state index contributed by atoms with van der Waals surface area (Å²) >= 11 is 2.19. The van der Waals surface area contributed by atoms with E-state index in [0.717, 1.165) is 9.99 Å². The number of nitrogens with zero attached hydrogens (tertiary/aromatic N) is 1. The number of halogens is 1.